The fraction of sp³-hybridized carbons (Fsp3) is 0.500. The third kappa shape index (κ3) is 5.70. The highest BCUT2D eigenvalue weighted by atomic mass is 32.2. The molecule has 2 atom stereocenters. The maximum atomic E-state index is 13.6. The topological polar surface area (TPSA) is 130 Å². The number of ether oxygens (including phenoxy) is 3. The van der Waals surface area contributed by atoms with Gasteiger partial charge in [0.15, 0.2) is 5.82 Å². The third-order valence-corrected chi connectivity index (χ3v) is 8.08. The summed E-state index contributed by atoms with van der Waals surface area (Å²) < 4.78 is 73.7. The van der Waals surface area contributed by atoms with Gasteiger partial charge in [-0.15, -0.1) is 10.2 Å². The van der Waals surface area contributed by atoms with E-state index in [1.54, 1.807) is 29.7 Å². The van der Waals surface area contributed by atoms with Crippen LogP contribution in [0.1, 0.15) is 55.4 Å². The number of halogens is 2. The Labute approximate surface area is 219 Å². The molecule has 1 saturated carbocycles. The Morgan fingerprint density at radius 2 is 1.74 bits per heavy atom. The van der Waals surface area contributed by atoms with Crippen LogP contribution < -0.4 is 14.2 Å². The molecule has 2 aromatic heterocycles. The van der Waals surface area contributed by atoms with E-state index in [0.717, 1.165) is 24.8 Å². The second kappa shape index (κ2) is 11.6. The zero-order chi connectivity index (χ0) is 27.4. The van der Waals surface area contributed by atoms with Gasteiger partial charge in [-0.05, 0) is 44.4 Å². The minimum atomic E-state index is -4.29. The van der Waals surface area contributed by atoms with E-state index in [2.05, 4.69) is 24.9 Å². The number of anilines is 1. The van der Waals surface area contributed by atoms with Gasteiger partial charge in [0, 0.05) is 18.3 Å². The molecule has 1 N–H and O–H groups in total. The third-order valence-electron chi connectivity index (χ3n) is 6.39. The van der Waals surface area contributed by atoms with Gasteiger partial charge < -0.3 is 14.2 Å². The summed E-state index contributed by atoms with van der Waals surface area (Å²) in [5.74, 6) is 1.33. The van der Waals surface area contributed by atoms with Crippen molar-refractivity contribution in [1.82, 2.24) is 24.7 Å². The van der Waals surface area contributed by atoms with Gasteiger partial charge in [0.25, 0.3) is 6.43 Å². The van der Waals surface area contributed by atoms with Crippen molar-refractivity contribution in [2.45, 2.75) is 56.8 Å². The standard InChI is InChI=1S/C24H30F2N6O5S/c1-14-11-27-22(28-12-14)21(37-13-19(25)26)15(2)38(33,34)31-24-30-29-23(16-7-5-8-16)32(24)20-17(35-3)9-6-10-18(20)36-4/h6,9-12,15-16,19,21H,5,7-8,13H2,1-4H3,(H,30,31)/t15-,21-/m0/s1. The molecular weight excluding hydrogens is 522 g/mol. The summed E-state index contributed by atoms with van der Waals surface area (Å²) in [6.45, 7) is 2.10. The van der Waals surface area contributed by atoms with Crippen molar-refractivity contribution in [3.8, 4) is 17.2 Å². The molecule has 206 valence electrons. The molecule has 11 nitrogen and oxygen atoms in total. The van der Waals surface area contributed by atoms with Crippen LogP contribution in [0, 0.1) is 6.92 Å². The zero-order valence-electron chi connectivity index (χ0n) is 21.5. The van der Waals surface area contributed by atoms with Gasteiger partial charge in [-0.25, -0.2) is 27.2 Å². The Balaban J connectivity index is 1.75. The molecule has 0 saturated heterocycles. The number of para-hydroxylation sites is 1. The molecule has 0 radical (unpaired) electrons. The summed E-state index contributed by atoms with van der Waals surface area (Å²) in [4.78, 5) is 8.23. The highest BCUT2D eigenvalue weighted by Gasteiger charge is 2.37. The zero-order valence-corrected chi connectivity index (χ0v) is 22.3. The lowest BCUT2D eigenvalue weighted by Gasteiger charge is -2.27. The van der Waals surface area contributed by atoms with Gasteiger partial charge in [0.1, 0.15) is 41.0 Å². The Kier molecular flexibility index (Phi) is 8.41. The molecule has 0 amide bonds. The Bertz CT molecular complexity index is 1330. The van der Waals surface area contributed by atoms with Gasteiger partial charge in [0.2, 0.25) is 16.0 Å². The molecule has 1 aromatic carbocycles. The minimum Gasteiger partial charge on any atom is -0.494 e. The lowest BCUT2D eigenvalue weighted by Crippen LogP contribution is -2.34. The molecule has 1 fully saturated rings. The Morgan fingerprint density at radius 1 is 1.11 bits per heavy atom. The van der Waals surface area contributed by atoms with Crippen LogP contribution in [-0.4, -0.2) is 65.7 Å². The Morgan fingerprint density at radius 3 is 2.26 bits per heavy atom. The lowest BCUT2D eigenvalue weighted by molar-refractivity contribution is -0.0283. The van der Waals surface area contributed by atoms with E-state index in [1.807, 2.05) is 0 Å². The molecule has 0 aliphatic heterocycles. The average molecular weight is 553 g/mol. The van der Waals surface area contributed by atoms with E-state index in [9.17, 15) is 17.2 Å². The van der Waals surface area contributed by atoms with Gasteiger partial charge in [-0.2, -0.15) is 0 Å². The maximum Gasteiger partial charge on any atom is 0.261 e. The van der Waals surface area contributed by atoms with E-state index in [0.29, 0.717) is 23.0 Å². The van der Waals surface area contributed by atoms with Crippen molar-refractivity contribution in [2.75, 3.05) is 25.5 Å². The second-order valence-corrected chi connectivity index (χ2v) is 11.0. The average Bonchev–Trinajstić information content (AvgIpc) is 3.24. The first kappa shape index (κ1) is 27.6. The number of aromatic nitrogens is 5. The number of sulfonamides is 1. The smallest absolute Gasteiger partial charge is 0.261 e. The highest BCUT2D eigenvalue weighted by Crippen LogP contribution is 2.42. The summed E-state index contributed by atoms with van der Waals surface area (Å²) in [7, 11) is -1.31. The van der Waals surface area contributed by atoms with Crippen molar-refractivity contribution in [3.05, 3.63) is 47.8 Å². The molecule has 38 heavy (non-hydrogen) atoms. The Hall–Kier alpha value is -3.39. The summed E-state index contributed by atoms with van der Waals surface area (Å²) in [5.41, 5.74) is 1.15. The summed E-state index contributed by atoms with van der Waals surface area (Å²) in [6.07, 6.45) is 1.49. The molecular formula is C24H30F2N6O5S. The SMILES string of the molecule is COc1cccc(OC)c1-n1c(NS(=O)(=O)[C@@H](C)[C@H](OCC(F)F)c2ncc(C)cn2)nnc1C1CCC1. The van der Waals surface area contributed by atoms with Gasteiger partial charge in [-0.1, -0.05) is 12.5 Å². The lowest BCUT2D eigenvalue weighted by atomic mass is 9.85. The van der Waals surface area contributed by atoms with E-state index >= 15 is 0 Å². The molecule has 14 heteroatoms. The van der Waals surface area contributed by atoms with Gasteiger partial charge in [-0.3, -0.25) is 9.29 Å². The van der Waals surface area contributed by atoms with Crippen LogP contribution in [0.25, 0.3) is 5.69 Å². The van der Waals surface area contributed by atoms with E-state index in [4.69, 9.17) is 14.2 Å². The van der Waals surface area contributed by atoms with Crippen LogP contribution in [0.5, 0.6) is 11.5 Å². The van der Waals surface area contributed by atoms with E-state index in [1.165, 1.54) is 33.5 Å². The molecule has 2 heterocycles. The molecule has 3 aromatic rings. The van der Waals surface area contributed by atoms with Crippen LogP contribution in [-0.2, 0) is 14.8 Å². The number of nitrogens with zero attached hydrogens (tertiary/aromatic N) is 5. The first-order valence-electron chi connectivity index (χ1n) is 12.0. The van der Waals surface area contributed by atoms with Crippen LogP contribution in [0.4, 0.5) is 14.7 Å². The molecule has 0 bridgehead atoms. The number of methoxy groups -OCH3 is 2. The normalized spacial score (nSPS) is 15.7. The molecule has 0 unspecified atom stereocenters. The van der Waals surface area contributed by atoms with Crippen molar-refractivity contribution < 1.29 is 31.4 Å². The maximum absolute atomic E-state index is 13.6. The van der Waals surface area contributed by atoms with Crippen LogP contribution >= 0.6 is 0 Å². The summed E-state index contributed by atoms with van der Waals surface area (Å²) in [6, 6.07) is 5.17. The van der Waals surface area contributed by atoms with Gasteiger partial charge >= 0.3 is 0 Å². The number of alkyl halides is 2. The fourth-order valence-electron chi connectivity index (χ4n) is 4.09. The fourth-order valence-corrected chi connectivity index (χ4v) is 5.19. The summed E-state index contributed by atoms with van der Waals surface area (Å²) >= 11 is 0. The molecule has 4 rings (SSSR count). The number of nitrogens with one attached hydrogen (secondary N) is 1. The monoisotopic (exact) mass is 552 g/mol. The minimum absolute atomic E-state index is 0.0304. The number of benzene rings is 1. The van der Waals surface area contributed by atoms with Crippen LogP contribution in [0.2, 0.25) is 0 Å². The van der Waals surface area contributed by atoms with Crippen molar-refractivity contribution in [1.29, 1.82) is 0 Å². The first-order valence-corrected chi connectivity index (χ1v) is 13.6. The van der Waals surface area contributed by atoms with Crippen LogP contribution in [0.15, 0.2) is 30.6 Å². The first-order chi connectivity index (χ1) is 18.2. The molecule has 1 aliphatic rings. The number of aryl methyl sites for hydroxylation is 1. The second-order valence-electron chi connectivity index (χ2n) is 8.97. The predicted molar refractivity (Wildman–Crippen MR) is 135 cm³/mol. The van der Waals surface area contributed by atoms with Crippen molar-refractivity contribution in [3.63, 3.8) is 0 Å². The van der Waals surface area contributed by atoms with Crippen LogP contribution in [0.3, 0.4) is 0 Å². The van der Waals surface area contributed by atoms with Crippen molar-refractivity contribution in [2.24, 2.45) is 0 Å². The molecule has 0 spiro atoms. The number of rotatable bonds is 12. The van der Waals surface area contributed by atoms with E-state index < -0.39 is 34.4 Å². The largest absolute Gasteiger partial charge is 0.494 e. The van der Waals surface area contributed by atoms with E-state index in [-0.39, 0.29) is 17.7 Å². The van der Waals surface area contributed by atoms with Gasteiger partial charge in [0.05, 0.1) is 14.2 Å². The van der Waals surface area contributed by atoms with Crippen molar-refractivity contribution >= 4 is 16.0 Å². The summed E-state index contributed by atoms with van der Waals surface area (Å²) in [5, 5.41) is 7.08. The predicted octanol–water partition coefficient (Wildman–Crippen LogP) is 3.80. The number of hydrogen-bond acceptors (Lipinski definition) is 9. The quantitative estimate of drug-likeness (QED) is 0.356. The highest BCUT2D eigenvalue weighted by molar-refractivity contribution is 7.93. The number of hydrogen-bond donors (Lipinski definition) is 1. The molecule has 1 aliphatic carbocycles.